The molecule has 1 saturated carbocycles. The van der Waals surface area contributed by atoms with Gasteiger partial charge in [0.25, 0.3) is 0 Å². The van der Waals surface area contributed by atoms with Crippen molar-refractivity contribution in [2.75, 3.05) is 7.11 Å². The Kier molecular flexibility index (Phi) is 2.87. The average molecular weight is 308 g/mol. The largest absolute Gasteiger partial charge is 0.464 e. The maximum Gasteiger partial charge on any atom is 0.360 e. The monoisotopic (exact) mass is 308 g/mol. The summed E-state index contributed by atoms with van der Waals surface area (Å²) in [5, 5.41) is 13.3. The predicted molar refractivity (Wildman–Crippen MR) is 80.5 cm³/mol. The van der Waals surface area contributed by atoms with E-state index in [1.165, 1.54) is 18.1 Å². The standard InChI is InChI=1S/C15H12N6O2/c1-16-14-11-7-10(21-17-8-12(18-21)15(22)23-2)5-6-13(11)20(19-14)9-3-4-9/h5-9H,3-4H2,2H3. The molecule has 4 rings (SSSR count). The molecule has 8 nitrogen and oxygen atoms in total. The van der Waals surface area contributed by atoms with E-state index in [1.807, 2.05) is 22.9 Å². The van der Waals surface area contributed by atoms with Crippen molar-refractivity contribution in [1.29, 1.82) is 0 Å². The lowest BCUT2D eigenvalue weighted by Gasteiger charge is -2.01. The van der Waals surface area contributed by atoms with Gasteiger partial charge in [0.05, 0.1) is 30.6 Å². The Bertz CT molecular complexity index is 960. The Labute approximate surface area is 131 Å². The number of fused-ring (bicyclic) bond motifs is 1. The highest BCUT2D eigenvalue weighted by Gasteiger charge is 2.29. The molecule has 0 amide bonds. The summed E-state index contributed by atoms with van der Waals surface area (Å²) in [5.41, 5.74) is 1.72. The van der Waals surface area contributed by atoms with Gasteiger partial charge in [-0.15, -0.1) is 5.10 Å². The number of methoxy groups -OCH3 is 1. The molecular weight excluding hydrogens is 296 g/mol. The Hall–Kier alpha value is -3.21. The van der Waals surface area contributed by atoms with Gasteiger partial charge in [-0.2, -0.15) is 14.6 Å². The van der Waals surface area contributed by atoms with E-state index in [9.17, 15) is 4.79 Å². The number of aromatic nitrogens is 5. The second-order valence-corrected chi connectivity index (χ2v) is 5.32. The molecule has 0 unspecified atom stereocenters. The summed E-state index contributed by atoms with van der Waals surface area (Å²) >= 11 is 0. The van der Waals surface area contributed by atoms with E-state index in [-0.39, 0.29) is 5.69 Å². The van der Waals surface area contributed by atoms with Crippen LogP contribution >= 0.6 is 0 Å². The molecule has 1 fully saturated rings. The van der Waals surface area contributed by atoms with Crippen LogP contribution in [0.25, 0.3) is 21.4 Å². The van der Waals surface area contributed by atoms with Gasteiger partial charge in [0.1, 0.15) is 0 Å². The number of esters is 1. The number of benzene rings is 1. The van der Waals surface area contributed by atoms with Gasteiger partial charge in [-0.25, -0.2) is 4.79 Å². The third-order valence-electron chi connectivity index (χ3n) is 3.79. The van der Waals surface area contributed by atoms with Crippen LogP contribution in [-0.4, -0.2) is 37.9 Å². The first-order chi connectivity index (χ1) is 11.2. The first kappa shape index (κ1) is 13.5. The van der Waals surface area contributed by atoms with Gasteiger partial charge in [0.15, 0.2) is 5.69 Å². The number of rotatable bonds is 3. The van der Waals surface area contributed by atoms with Crippen LogP contribution in [0.4, 0.5) is 5.82 Å². The highest BCUT2D eigenvalue weighted by atomic mass is 16.5. The number of ether oxygens (including phenoxy) is 1. The lowest BCUT2D eigenvalue weighted by molar-refractivity contribution is 0.0593. The molecule has 3 aromatic rings. The van der Waals surface area contributed by atoms with Crippen LogP contribution in [0.1, 0.15) is 29.4 Å². The van der Waals surface area contributed by atoms with E-state index < -0.39 is 5.97 Å². The fourth-order valence-electron chi connectivity index (χ4n) is 2.50. The lowest BCUT2D eigenvalue weighted by Crippen LogP contribution is -2.04. The predicted octanol–water partition coefficient (Wildman–Crippen LogP) is 2.29. The normalized spacial score (nSPS) is 13.9. The van der Waals surface area contributed by atoms with Crippen LogP contribution < -0.4 is 0 Å². The molecule has 0 spiro atoms. The van der Waals surface area contributed by atoms with E-state index in [1.54, 1.807) is 0 Å². The zero-order valence-electron chi connectivity index (χ0n) is 12.3. The molecule has 1 aromatic carbocycles. The summed E-state index contributed by atoms with van der Waals surface area (Å²) in [6.07, 6.45) is 3.54. The number of carbonyl (C=O) groups excluding carboxylic acids is 1. The highest BCUT2D eigenvalue weighted by molar-refractivity contribution is 5.92. The van der Waals surface area contributed by atoms with Crippen molar-refractivity contribution in [3.05, 3.63) is 41.5 Å². The molecule has 0 bridgehead atoms. The minimum atomic E-state index is -0.541. The molecule has 8 heteroatoms. The fourth-order valence-corrected chi connectivity index (χ4v) is 2.50. The minimum Gasteiger partial charge on any atom is -0.464 e. The third kappa shape index (κ3) is 2.14. The highest BCUT2D eigenvalue weighted by Crippen LogP contribution is 2.39. The molecule has 1 aliphatic rings. The molecule has 2 aromatic heterocycles. The van der Waals surface area contributed by atoms with Crippen LogP contribution in [0.2, 0.25) is 0 Å². The summed E-state index contributed by atoms with van der Waals surface area (Å²) in [7, 11) is 1.29. The Balaban J connectivity index is 1.81. The molecule has 1 aliphatic carbocycles. The van der Waals surface area contributed by atoms with Crippen molar-refractivity contribution in [3.63, 3.8) is 0 Å². The summed E-state index contributed by atoms with van der Waals surface area (Å²) in [5.74, 6) is -0.171. The minimum absolute atomic E-state index is 0.131. The van der Waals surface area contributed by atoms with Gasteiger partial charge in [-0.3, -0.25) is 0 Å². The lowest BCUT2D eigenvalue weighted by atomic mass is 10.2. The third-order valence-corrected chi connectivity index (χ3v) is 3.79. The van der Waals surface area contributed by atoms with Crippen LogP contribution in [0, 0.1) is 6.57 Å². The topological polar surface area (TPSA) is 79.2 Å². The Morgan fingerprint density at radius 1 is 1.39 bits per heavy atom. The van der Waals surface area contributed by atoms with Gasteiger partial charge in [-0.1, -0.05) is 6.57 Å². The molecule has 0 N–H and O–H groups in total. The molecule has 0 aliphatic heterocycles. The Morgan fingerprint density at radius 3 is 2.91 bits per heavy atom. The van der Waals surface area contributed by atoms with E-state index >= 15 is 0 Å². The smallest absolute Gasteiger partial charge is 0.360 e. The maximum absolute atomic E-state index is 11.5. The second kappa shape index (κ2) is 4.91. The molecule has 114 valence electrons. The van der Waals surface area contributed by atoms with E-state index in [4.69, 9.17) is 6.57 Å². The maximum atomic E-state index is 11.5. The first-order valence-electron chi connectivity index (χ1n) is 7.12. The molecule has 0 radical (unpaired) electrons. The number of nitrogens with zero attached hydrogens (tertiary/aromatic N) is 6. The molecule has 2 heterocycles. The number of hydrogen-bond acceptors (Lipinski definition) is 5. The summed E-state index contributed by atoms with van der Waals surface area (Å²) in [4.78, 5) is 16.3. The quantitative estimate of drug-likeness (QED) is 0.548. The van der Waals surface area contributed by atoms with Gasteiger partial charge in [-0.05, 0) is 36.1 Å². The van der Waals surface area contributed by atoms with Crippen LogP contribution in [0.5, 0.6) is 0 Å². The van der Waals surface area contributed by atoms with Crippen molar-refractivity contribution < 1.29 is 9.53 Å². The second-order valence-electron chi connectivity index (χ2n) is 5.32. The number of hydrogen-bond donors (Lipinski definition) is 0. The van der Waals surface area contributed by atoms with Crippen molar-refractivity contribution >= 4 is 22.7 Å². The first-order valence-corrected chi connectivity index (χ1v) is 7.12. The average Bonchev–Trinajstić information content (AvgIpc) is 3.19. The zero-order valence-corrected chi connectivity index (χ0v) is 12.3. The van der Waals surface area contributed by atoms with Crippen molar-refractivity contribution in [3.8, 4) is 5.69 Å². The molecule has 0 atom stereocenters. The van der Waals surface area contributed by atoms with E-state index in [0.29, 0.717) is 17.5 Å². The van der Waals surface area contributed by atoms with Crippen molar-refractivity contribution in [2.24, 2.45) is 0 Å². The molecular formula is C15H12N6O2. The van der Waals surface area contributed by atoms with Crippen LogP contribution in [-0.2, 0) is 4.74 Å². The van der Waals surface area contributed by atoms with Gasteiger partial charge >= 0.3 is 11.8 Å². The van der Waals surface area contributed by atoms with Crippen LogP contribution in [0.3, 0.4) is 0 Å². The SMILES string of the molecule is [C-]#[N+]c1nn(C2CC2)c2ccc(-n3ncc(C(=O)OC)n3)cc12. The van der Waals surface area contributed by atoms with Gasteiger partial charge in [0.2, 0.25) is 0 Å². The van der Waals surface area contributed by atoms with E-state index in [0.717, 1.165) is 23.7 Å². The van der Waals surface area contributed by atoms with Gasteiger partial charge in [0, 0.05) is 5.39 Å². The Morgan fingerprint density at radius 2 is 2.22 bits per heavy atom. The fraction of sp³-hybridized carbons (Fsp3) is 0.267. The van der Waals surface area contributed by atoms with Gasteiger partial charge < -0.3 is 9.58 Å². The summed E-state index contributed by atoms with van der Waals surface area (Å²) < 4.78 is 6.54. The van der Waals surface area contributed by atoms with Crippen molar-refractivity contribution in [1.82, 2.24) is 24.8 Å². The van der Waals surface area contributed by atoms with E-state index in [2.05, 4.69) is 24.9 Å². The van der Waals surface area contributed by atoms with Crippen LogP contribution in [0.15, 0.2) is 24.4 Å². The number of carbonyl (C=O) groups is 1. The van der Waals surface area contributed by atoms with Crippen molar-refractivity contribution in [2.45, 2.75) is 18.9 Å². The zero-order chi connectivity index (χ0) is 16.0. The summed E-state index contributed by atoms with van der Waals surface area (Å²) in [6, 6.07) is 5.96. The molecule has 23 heavy (non-hydrogen) atoms. The molecule has 0 saturated heterocycles. The summed E-state index contributed by atoms with van der Waals surface area (Å²) in [6.45, 7) is 7.31.